The van der Waals surface area contributed by atoms with Crippen LogP contribution in [0.5, 0.6) is 0 Å². The van der Waals surface area contributed by atoms with E-state index in [0.29, 0.717) is 23.8 Å². The van der Waals surface area contributed by atoms with Crippen molar-refractivity contribution in [2.75, 3.05) is 18.5 Å². The van der Waals surface area contributed by atoms with E-state index < -0.39 is 5.97 Å². The first-order valence-electron chi connectivity index (χ1n) is 6.96. The van der Waals surface area contributed by atoms with Gasteiger partial charge in [-0.15, -0.1) is 0 Å². The molecule has 6 nitrogen and oxygen atoms in total. The molecule has 1 aliphatic rings. The summed E-state index contributed by atoms with van der Waals surface area (Å²) in [7, 11) is 0. The molecular weight excluding hydrogens is 272 g/mol. The number of ether oxygens (including phenoxy) is 1. The lowest BCUT2D eigenvalue weighted by Crippen LogP contribution is -2.40. The number of amides is 2. The van der Waals surface area contributed by atoms with Gasteiger partial charge in [0.15, 0.2) is 0 Å². The number of aryl methyl sites for hydroxylation is 1. The minimum atomic E-state index is -0.974. The molecule has 0 aliphatic carbocycles. The summed E-state index contributed by atoms with van der Waals surface area (Å²) in [6.07, 6.45) is 0.952. The molecule has 1 fully saturated rings. The number of carboxylic acid groups (broad SMARTS) is 1. The Morgan fingerprint density at radius 2 is 2.19 bits per heavy atom. The van der Waals surface area contributed by atoms with E-state index >= 15 is 0 Å². The van der Waals surface area contributed by atoms with Gasteiger partial charge in [0.2, 0.25) is 0 Å². The molecule has 0 aromatic heterocycles. The first-order chi connectivity index (χ1) is 9.97. The first kappa shape index (κ1) is 15.3. The van der Waals surface area contributed by atoms with Crippen LogP contribution in [0.1, 0.15) is 29.3 Å². The quantitative estimate of drug-likeness (QED) is 0.794. The highest BCUT2D eigenvalue weighted by atomic mass is 16.5. The van der Waals surface area contributed by atoms with Gasteiger partial charge in [-0.2, -0.15) is 0 Å². The molecule has 1 aromatic carbocycles. The minimum Gasteiger partial charge on any atom is -0.478 e. The van der Waals surface area contributed by atoms with Crippen LogP contribution in [0.25, 0.3) is 0 Å². The van der Waals surface area contributed by atoms with Crippen LogP contribution in [-0.2, 0) is 4.74 Å². The second kappa shape index (κ2) is 6.58. The van der Waals surface area contributed by atoms with E-state index in [0.717, 1.165) is 13.0 Å². The van der Waals surface area contributed by atoms with Gasteiger partial charge < -0.3 is 20.5 Å². The number of urea groups is 1. The zero-order valence-corrected chi connectivity index (χ0v) is 12.2. The lowest BCUT2D eigenvalue weighted by atomic mass is 10.0. The van der Waals surface area contributed by atoms with Crippen molar-refractivity contribution in [1.82, 2.24) is 5.32 Å². The molecule has 21 heavy (non-hydrogen) atoms. The van der Waals surface area contributed by atoms with Gasteiger partial charge in [-0.25, -0.2) is 9.59 Å². The summed E-state index contributed by atoms with van der Waals surface area (Å²) in [6.45, 7) is 5.07. The number of rotatable bonds is 4. The van der Waals surface area contributed by atoms with Crippen LogP contribution < -0.4 is 10.6 Å². The maximum atomic E-state index is 11.9. The molecule has 0 bridgehead atoms. The van der Waals surface area contributed by atoms with Crippen molar-refractivity contribution in [3.63, 3.8) is 0 Å². The van der Waals surface area contributed by atoms with Crippen molar-refractivity contribution in [3.05, 3.63) is 29.3 Å². The summed E-state index contributed by atoms with van der Waals surface area (Å²) in [4.78, 5) is 22.9. The smallest absolute Gasteiger partial charge is 0.335 e. The van der Waals surface area contributed by atoms with Crippen molar-refractivity contribution in [1.29, 1.82) is 0 Å². The Kier molecular flexibility index (Phi) is 4.80. The number of anilines is 1. The van der Waals surface area contributed by atoms with Crippen LogP contribution in [0.3, 0.4) is 0 Å². The Morgan fingerprint density at radius 3 is 2.76 bits per heavy atom. The Bertz CT molecular complexity index is 538. The molecule has 1 aliphatic heterocycles. The molecule has 2 rings (SSSR count). The van der Waals surface area contributed by atoms with Crippen molar-refractivity contribution in [3.8, 4) is 0 Å². The molecule has 6 heteroatoms. The molecule has 114 valence electrons. The van der Waals surface area contributed by atoms with Gasteiger partial charge in [-0.05, 0) is 44.0 Å². The van der Waals surface area contributed by atoms with E-state index in [1.54, 1.807) is 19.1 Å². The number of carboxylic acids is 1. The van der Waals surface area contributed by atoms with Gasteiger partial charge in [0.25, 0.3) is 0 Å². The van der Waals surface area contributed by atoms with E-state index in [9.17, 15) is 9.59 Å². The van der Waals surface area contributed by atoms with Gasteiger partial charge in [0.05, 0.1) is 12.2 Å². The maximum absolute atomic E-state index is 11.9. The number of benzene rings is 1. The molecule has 1 aromatic rings. The SMILES string of the molecule is Cc1cc(NC(=O)NC(C)C2CCOC2)ccc1C(=O)O. The average Bonchev–Trinajstić information content (AvgIpc) is 2.91. The van der Waals surface area contributed by atoms with Crippen molar-refractivity contribution in [2.45, 2.75) is 26.3 Å². The molecule has 3 N–H and O–H groups in total. The van der Waals surface area contributed by atoms with Crippen molar-refractivity contribution in [2.24, 2.45) is 5.92 Å². The second-order valence-electron chi connectivity index (χ2n) is 5.35. The number of carbonyl (C=O) groups is 2. The molecule has 0 spiro atoms. The summed E-state index contributed by atoms with van der Waals surface area (Å²) in [6, 6.07) is 4.46. The number of nitrogens with one attached hydrogen (secondary N) is 2. The lowest BCUT2D eigenvalue weighted by molar-refractivity contribution is 0.0696. The van der Waals surface area contributed by atoms with E-state index in [-0.39, 0.29) is 17.6 Å². The summed E-state index contributed by atoms with van der Waals surface area (Å²) < 4.78 is 5.30. The third-order valence-corrected chi connectivity index (χ3v) is 3.75. The number of hydrogen-bond acceptors (Lipinski definition) is 3. The van der Waals surface area contributed by atoms with Crippen LogP contribution in [-0.4, -0.2) is 36.4 Å². The zero-order chi connectivity index (χ0) is 15.4. The normalized spacial score (nSPS) is 19.0. The molecule has 2 unspecified atom stereocenters. The maximum Gasteiger partial charge on any atom is 0.335 e. The third kappa shape index (κ3) is 3.95. The standard InChI is InChI=1S/C15H20N2O4/c1-9-7-12(3-4-13(9)14(18)19)17-15(20)16-10(2)11-5-6-21-8-11/h3-4,7,10-11H,5-6,8H2,1-2H3,(H,18,19)(H2,16,17,20). The largest absolute Gasteiger partial charge is 0.478 e. The van der Waals surface area contributed by atoms with E-state index in [2.05, 4.69) is 10.6 Å². The first-order valence-corrected chi connectivity index (χ1v) is 6.96. The summed E-state index contributed by atoms with van der Waals surface area (Å²) in [5.41, 5.74) is 1.42. The van der Waals surface area contributed by atoms with E-state index in [4.69, 9.17) is 9.84 Å². The van der Waals surface area contributed by atoms with Crippen LogP contribution in [0.15, 0.2) is 18.2 Å². The van der Waals surface area contributed by atoms with Gasteiger partial charge in [0.1, 0.15) is 0 Å². The van der Waals surface area contributed by atoms with Gasteiger partial charge in [0, 0.05) is 24.3 Å². The van der Waals surface area contributed by atoms with Crippen molar-refractivity contribution >= 4 is 17.7 Å². The summed E-state index contributed by atoms with van der Waals surface area (Å²) in [5, 5.41) is 14.6. The highest BCUT2D eigenvalue weighted by Gasteiger charge is 2.23. The predicted octanol–water partition coefficient (Wildman–Crippen LogP) is 2.24. The van der Waals surface area contributed by atoms with Crippen LogP contribution in [0.2, 0.25) is 0 Å². The Morgan fingerprint density at radius 1 is 1.43 bits per heavy atom. The number of hydrogen-bond donors (Lipinski definition) is 3. The molecule has 1 saturated heterocycles. The Labute approximate surface area is 123 Å². The predicted molar refractivity (Wildman–Crippen MR) is 78.7 cm³/mol. The minimum absolute atomic E-state index is 0.0342. The highest BCUT2D eigenvalue weighted by Crippen LogP contribution is 2.17. The van der Waals surface area contributed by atoms with Crippen molar-refractivity contribution < 1.29 is 19.4 Å². The van der Waals surface area contributed by atoms with Crippen LogP contribution in [0.4, 0.5) is 10.5 Å². The topological polar surface area (TPSA) is 87.7 Å². The highest BCUT2D eigenvalue weighted by molar-refractivity contribution is 5.92. The monoisotopic (exact) mass is 292 g/mol. The third-order valence-electron chi connectivity index (χ3n) is 3.75. The Hall–Kier alpha value is -2.08. The average molecular weight is 292 g/mol. The Balaban J connectivity index is 1.93. The summed E-state index contributed by atoms with van der Waals surface area (Å²) in [5.74, 6) is -0.634. The summed E-state index contributed by atoms with van der Waals surface area (Å²) >= 11 is 0. The van der Waals surface area contributed by atoms with Crippen LogP contribution in [0, 0.1) is 12.8 Å². The fourth-order valence-corrected chi connectivity index (χ4v) is 2.42. The van der Waals surface area contributed by atoms with Crippen LogP contribution >= 0.6 is 0 Å². The molecule has 2 atom stereocenters. The molecular formula is C15H20N2O4. The number of aromatic carboxylic acids is 1. The zero-order valence-electron chi connectivity index (χ0n) is 12.2. The second-order valence-corrected chi connectivity index (χ2v) is 5.35. The molecule has 2 amide bonds. The van der Waals surface area contributed by atoms with Gasteiger partial charge in [-0.1, -0.05) is 0 Å². The molecule has 1 heterocycles. The molecule has 0 saturated carbocycles. The van der Waals surface area contributed by atoms with Gasteiger partial charge in [-0.3, -0.25) is 0 Å². The van der Waals surface area contributed by atoms with E-state index in [1.165, 1.54) is 6.07 Å². The molecule has 0 radical (unpaired) electrons. The number of carbonyl (C=O) groups excluding carboxylic acids is 1. The fraction of sp³-hybridized carbons (Fsp3) is 0.467. The lowest BCUT2D eigenvalue weighted by Gasteiger charge is -2.19. The van der Waals surface area contributed by atoms with Gasteiger partial charge >= 0.3 is 12.0 Å². The fourth-order valence-electron chi connectivity index (χ4n) is 2.42. The van der Waals surface area contributed by atoms with E-state index in [1.807, 2.05) is 6.92 Å².